The van der Waals surface area contributed by atoms with Crippen molar-refractivity contribution in [3.05, 3.63) is 59.6 Å². The number of fused-ring (bicyclic) bond motifs is 1. The minimum absolute atomic E-state index is 0.0965. The third-order valence-corrected chi connectivity index (χ3v) is 7.20. The molecule has 0 atom stereocenters. The van der Waals surface area contributed by atoms with Crippen LogP contribution in [0.4, 0.5) is 9.52 Å². The summed E-state index contributed by atoms with van der Waals surface area (Å²) in [6.45, 7) is 0.241. The normalized spacial score (nSPS) is 17.3. The molecule has 1 amide bonds. The average molecular weight is 452 g/mol. The van der Waals surface area contributed by atoms with Gasteiger partial charge in [0.05, 0.1) is 11.3 Å². The van der Waals surface area contributed by atoms with E-state index in [2.05, 4.69) is 19.9 Å². The number of rotatable bonds is 5. The molecule has 2 aliphatic rings. The first-order valence-electron chi connectivity index (χ1n) is 8.39. The van der Waals surface area contributed by atoms with Gasteiger partial charge in [0.2, 0.25) is 5.13 Å². The molecule has 29 heavy (non-hydrogen) atoms. The fourth-order valence-electron chi connectivity index (χ4n) is 2.55. The molecule has 1 aromatic heterocycles. The maximum atomic E-state index is 12.9. The number of thioether (sulfide) groups is 1. The van der Waals surface area contributed by atoms with Crippen molar-refractivity contribution < 1.29 is 17.6 Å². The summed E-state index contributed by atoms with van der Waals surface area (Å²) in [7, 11) is -3.44. The molecule has 12 heteroatoms. The van der Waals surface area contributed by atoms with E-state index in [4.69, 9.17) is 0 Å². The predicted molar refractivity (Wildman–Crippen MR) is 110 cm³/mol. The van der Waals surface area contributed by atoms with E-state index in [1.165, 1.54) is 47.4 Å². The Labute approximate surface area is 174 Å². The Morgan fingerprint density at radius 2 is 2.03 bits per heavy atom. The van der Waals surface area contributed by atoms with Crippen molar-refractivity contribution >= 4 is 50.0 Å². The number of nitrogens with one attached hydrogen (secondary N) is 1. The zero-order chi connectivity index (χ0) is 20.4. The van der Waals surface area contributed by atoms with Crippen molar-refractivity contribution in [1.82, 2.24) is 15.1 Å². The molecule has 0 spiro atoms. The number of halogens is 1. The van der Waals surface area contributed by atoms with Crippen LogP contribution in [-0.4, -0.2) is 47.6 Å². The summed E-state index contributed by atoms with van der Waals surface area (Å²) in [4.78, 5) is 14.1. The van der Waals surface area contributed by atoms with Gasteiger partial charge in [-0.2, -0.15) is 0 Å². The predicted octanol–water partition coefficient (Wildman–Crippen LogP) is 2.41. The number of nitrogens with zero attached hydrogens (tertiary/aromatic N) is 4. The fraction of sp³-hybridized carbons (Fsp3) is 0.176. The molecule has 0 fully saturated rings. The highest BCUT2D eigenvalue weighted by Crippen LogP contribution is 2.28. The summed E-state index contributed by atoms with van der Waals surface area (Å²) >= 11 is 2.68. The second-order valence-corrected chi connectivity index (χ2v) is 10.0. The van der Waals surface area contributed by atoms with E-state index in [1.54, 1.807) is 23.2 Å². The van der Waals surface area contributed by atoms with Crippen LogP contribution in [0.3, 0.4) is 0 Å². The molecule has 0 unspecified atom stereocenters. The van der Waals surface area contributed by atoms with Gasteiger partial charge in [-0.15, -0.1) is 14.6 Å². The molecule has 1 N–H and O–H groups in total. The summed E-state index contributed by atoms with van der Waals surface area (Å²) in [6, 6.07) is 6.22. The van der Waals surface area contributed by atoms with Gasteiger partial charge in [0.1, 0.15) is 11.7 Å². The second kappa shape index (κ2) is 8.05. The van der Waals surface area contributed by atoms with Crippen LogP contribution in [-0.2, 0) is 20.6 Å². The summed E-state index contributed by atoms with van der Waals surface area (Å²) in [5, 5.41) is 11.0. The highest BCUT2D eigenvalue weighted by atomic mass is 32.2. The first-order chi connectivity index (χ1) is 13.9. The first-order valence-corrected chi connectivity index (χ1v) is 11.8. The molecule has 150 valence electrons. The average Bonchev–Trinajstić information content (AvgIpc) is 3.14. The van der Waals surface area contributed by atoms with Crippen LogP contribution in [0.2, 0.25) is 0 Å². The van der Waals surface area contributed by atoms with Crippen molar-refractivity contribution in [2.45, 2.75) is 10.1 Å². The minimum Gasteiger partial charge on any atom is -0.330 e. The summed E-state index contributed by atoms with van der Waals surface area (Å²) < 4.78 is 40.4. The Morgan fingerprint density at radius 1 is 1.24 bits per heavy atom. The molecule has 4 rings (SSSR count). The van der Waals surface area contributed by atoms with E-state index in [1.807, 2.05) is 0 Å². The first kappa shape index (κ1) is 19.7. The fourth-order valence-corrected chi connectivity index (χ4v) is 5.22. The van der Waals surface area contributed by atoms with E-state index < -0.39 is 10.0 Å². The van der Waals surface area contributed by atoms with Crippen molar-refractivity contribution in [3.63, 3.8) is 0 Å². The molecule has 2 aromatic rings. The largest absolute Gasteiger partial charge is 0.330 e. The van der Waals surface area contributed by atoms with Gasteiger partial charge in [0, 0.05) is 18.5 Å². The highest BCUT2D eigenvalue weighted by molar-refractivity contribution is 8.00. The van der Waals surface area contributed by atoms with Gasteiger partial charge in [-0.1, -0.05) is 35.2 Å². The van der Waals surface area contributed by atoms with Crippen molar-refractivity contribution in [2.75, 3.05) is 17.6 Å². The third kappa shape index (κ3) is 4.89. The van der Waals surface area contributed by atoms with Crippen LogP contribution in [0, 0.1) is 5.82 Å². The Balaban J connectivity index is 1.36. The third-order valence-electron chi connectivity index (χ3n) is 3.99. The molecule has 1 aromatic carbocycles. The molecular formula is C17H14FN5O3S3. The zero-order valence-electron chi connectivity index (χ0n) is 14.8. The lowest BCUT2D eigenvalue weighted by Gasteiger charge is -2.26. The molecule has 0 radical (unpaired) electrons. The van der Waals surface area contributed by atoms with Crippen LogP contribution in [0.5, 0.6) is 0 Å². The van der Waals surface area contributed by atoms with Gasteiger partial charge in [0.25, 0.3) is 15.9 Å². The summed E-state index contributed by atoms with van der Waals surface area (Å²) in [6.07, 6.45) is 4.57. The molecule has 8 nitrogen and oxygen atoms in total. The number of anilines is 1. The molecule has 3 heterocycles. The second-order valence-electron chi connectivity index (χ2n) is 6.09. The summed E-state index contributed by atoms with van der Waals surface area (Å²) in [5.74, 6) is 0.149. The highest BCUT2D eigenvalue weighted by Gasteiger charge is 2.25. The zero-order valence-corrected chi connectivity index (χ0v) is 17.2. The minimum atomic E-state index is -3.44. The molecule has 0 bridgehead atoms. The Hall–Kier alpha value is -2.57. The standard InChI is InChI=1S/C17H14FN5O3S3/c18-13-4-1-11(2-5-13)10-27-17-21-20-16(28-17)19-15(24)12-3-6-14-22-29(25,26)8-7-23(14)9-12/h1-6,9H,7-8,10H2,(H,19,20,24). The quantitative estimate of drug-likeness (QED) is 0.550. The maximum Gasteiger partial charge on any atom is 0.258 e. The van der Waals surface area contributed by atoms with Crippen LogP contribution in [0.1, 0.15) is 5.56 Å². The monoisotopic (exact) mass is 451 g/mol. The van der Waals surface area contributed by atoms with Gasteiger partial charge in [-0.25, -0.2) is 12.8 Å². The van der Waals surface area contributed by atoms with E-state index in [0.29, 0.717) is 26.6 Å². The lowest BCUT2D eigenvalue weighted by molar-refractivity contribution is -0.112. The SMILES string of the molecule is O=C(Nc1nnc(SCc2ccc(F)cc2)s1)C1=CN2CCS(=O)(=O)N=C2C=C1. The number of amidine groups is 1. The van der Waals surface area contributed by atoms with Crippen LogP contribution in [0.25, 0.3) is 0 Å². The number of amides is 1. The van der Waals surface area contributed by atoms with E-state index >= 15 is 0 Å². The number of sulfonamides is 1. The molecule has 2 aliphatic heterocycles. The Bertz CT molecular complexity index is 1140. The van der Waals surface area contributed by atoms with Gasteiger partial charge in [-0.05, 0) is 29.8 Å². The van der Waals surface area contributed by atoms with Crippen LogP contribution < -0.4 is 5.32 Å². The maximum absolute atomic E-state index is 12.9. The number of carbonyl (C=O) groups is 1. The molecule has 0 saturated heterocycles. The number of benzene rings is 1. The topological polar surface area (TPSA) is 105 Å². The van der Waals surface area contributed by atoms with E-state index in [0.717, 1.165) is 5.56 Å². The lowest BCUT2D eigenvalue weighted by Crippen LogP contribution is -2.37. The van der Waals surface area contributed by atoms with Crippen molar-refractivity contribution in [2.24, 2.45) is 4.40 Å². The Kier molecular flexibility index (Phi) is 5.48. The van der Waals surface area contributed by atoms with Gasteiger partial charge in [-0.3, -0.25) is 10.1 Å². The molecule has 0 saturated carbocycles. The number of aromatic nitrogens is 2. The van der Waals surface area contributed by atoms with Crippen molar-refractivity contribution in [3.8, 4) is 0 Å². The van der Waals surface area contributed by atoms with Crippen molar-refractivity contribution in [1.29, 1.82) is 0 Å². The number of carbonyl (C=O) groups excluding carboxylic acids is 1. The van der Waals surface area contributed by atoms with Crippen LogP contribution >= 0.6 is 23.1 Å². The molecule has 0 aliphatic carbocycles. The van der Waals surface area contributed by atoms with Gasteiger partial charge in [0.15, 0.2) is 4.34 Å². The number of hydrogen-bond acceptors (Lipinski definition) is 8. The molecular weight excluding hydrogens is 437 g/mol. The smallest absolute Gasteiger partial charge is 0.258 e. The van der Waals surface area contributed by atoms with Crippen LogP contribution in [0.15, 0.2) is 56.9 Å². The van der Waals surface area contributed by atoms with Gasteiger partial charge >= 0.3 is 0 Å². The van der Waals surface area contributed by atoms with E-state index in [-0.39, 0.29) is 24.0 Å². The number of hydrogen-bond donors (Lipinski definition) is 1. The summed E-state index contributed by atoms with van der Waals surface area (Å²) in [5.41, 5.74) is 1.31. The van der Waals surface area contributed by atoms with Gasteiger partial charge < -0.3 is 4.90 Å². The lowest BCUT2D eigenvalue weighted by atomic mass is 10.2. The Morgan fingerprint density at radius 3 is 2.83 bits per heavy atom. The van der Waals surface area contributed by atoms with E-state index in [9.17, 15) is 17.6 Å².